The van der Waals surface area contributed by atoms with Crippen molar-refractivity contribution >= 4 is 5.91 Å². The van der Waals surface area contributed by atoms with E-state index in [-0.39, 0.29) is 17.8 Å². The normalized spacial score (nSPS) is 15.6. The molecule has 1 unspecified atom stereocenters. The number of imidazole rings is 1. The van der Waals surface area contributed by atoms with Crippen molar-refractivity contribution in [3.63, 3.8) is 0 Å². The number of nitrogens with zero attached hydrogens (tertiary/aromatic N) is 4. The summed E-state index contributed by atoms with van der Waals surface area (Å²) in [5.41, 5.74) is 4.09. The van der Waals surface area contributed by atoms with Gasteiger partial charge in [0.1, 0.15) is 17.3 Å². The molecule has 0 bridgehead atoms. The van der Waals surface area contributed by atoms with Crippen LogP contribution in [-0.2, 0) is 24.3 Å². The molecule has 1 aliphatic rings. The lowest BCUT2D eigenvalue weighted by atomic mass is 10.0. The van der Waals surface area contributed by atoms with Crippen molar-refractivity contribution in [2.45, 2.75) is 46.3 Å². The summed E-state index contributed by atoms with van der Waals surface area (Å²) in [7, 11) is 1.86. The van der Waals surface area contributed by atoms with Crippen LogP contribution in [0.25, 0.3) is 0 Å². The van der Waals surface area contributed by atoms with Gasteiger partial charge in [-0.1, -0.05) is 56.3 Å². The summed E-state index contributed by atoms with van der Waals surface area (Å²) in [5.74, 6) is 1.49. The summed E-state index contributed by atoms with van der Waals surface area (Å²) in [4.78, 5) is 21.0. The summed E-state index contributed by atoms with van der Waals surface area (Å²) in [6, 6.07) is 22.9. The maximum atomic E-state index is 13.7. The van der Waals surface area contributed by atoms with Gasteiger partial charge < -0.3 is 14.2 Å². The molecule has 1 atom stereocenters. The number of piperazine rings is 1. The third-order valence-electron chi connectivity index (χ3n) is 6.86. The van der Waals surface area contributed by atoms with Gasteiger partial charge in [-0.2, -0.15) is 0 Å². The lowest BCUT2D eigenvalue weighted by molar-refractivity contribution is -0.137. The van der Waals surface area contributed by atoms with Gasteiger partial charge in [0, 0.05) is 38.9 Å². The first-order valence-corrected chi connectivity index (χ1v) is 13.5. The molecule has 1 saturated heterocycles. The van der Waals surface area contributed by atoms with E-state index in [2.05, 4.69) is 22.0 Å². The number of hydrogen-bond acceptors (Lipinski definition) is 4. The zero-order chi connectivity index (χ0) is 27.8. The quantitative estimate of drug-likeness (QED) is 0.278. The first kappa shape index (κ1) is 28.0. The summed E-state index contributed by atoms with van der Waals surface area (Å²) in [5, 5.41) is 0. The van der Waals surface area contributed by atoms with Crippen LogP contribution in [0.5, 0.6) is 11.5 Å². The monoisotopic (exact) mass is 528 g/mol. The molecule has 2 heterocycles. The van der Waals surface area contributed by atoms with Crippen molar-refractivity contribution in [3.05, 3.63) is 114 Å². The first-order valence-electron chi connectivity index (χ1n) is 13.5. The molecule has 0 radical (unpaired) electrons. The minimum Gasteiger partial charge on any atom is -0.457 e. The molecule has 0 spiro atoms. The number of rotatable bonds is 8. The molecule has 0 N–H and O–H groups in total. The maximum absolute atomic E-state index is 13.7. The van der Waals surface area contributed by atoms with Gasteiger partial charge in [0.05, 0.1) is 18.6 Å². The second-order valence-corrected chi connectivity index (χ2v) is 9.69. The number of benzene rings is 3. The number of halogens is 1. The number of amides is 1. The third-order valence-corrected chi connectivity index (χ3v) is 6.86. The Hall–Kier alpha value is -3.97. The molecule has 1 fully saturated rings. The fourth-order valence-corrected chi connectivity index (χ4v) is 4.80. The first-order chi connectivity index (χ1) is 18.9. The molecule has 0 aliphatic carbocycles. The highest BCUT2D eigenvalue weighted by Crippen LogP contribution is 2.26. The Morgan fingerprint density at radius 1 is 0.974 bits per heavy atom. The number of ether oxygens (including phenoxy) is 1. The largest absolute Gasteiger partial charge is 0.457 e. The molecule has 204 valence electrons. The fraction of sp³-hybridized carbons (Fsp3) is 0.312. The van der Waals surface area contributed by atoms with Crippen molar-refractivity contribution < 1.29 is 13.9 Å². The van der Waals surface area contributed by atoms with Crippen LogP contribution >= 0.6 is 0 Å². The molecule has 39 heavy (non-hydrogen) atoms. The van der Waals surface area contributed by atoms with Crippen molar-refractivity contribution in [1.29, 1.82) is 0 Å². The second kappa shape index (κ2) is 13.2. The molecule has 1 aliphatic heterocycles. The molecule has 3 aromatic carbocycles. The number of para-hydroxylation sites is 1. The zero-order valence-corrected chi connectivity index (χ0v) is 23.2. The van der Waals surface area contributed by atoms with Gasteiger partial charge in [0.15, 0.2) is 0 Å². The highest BCUT2D eigenvalue weighted by Gasteiger charge is 2.31. The lowest BCUT2D eigenvalue weighted by Crippen LogP contribution is -2.55. The van der Waals surface area contributed by atoms with E-state index in [9.17, 15) is 9.18 Å². The topological polar surface area (TPSA) is 50.6 Å². The molecule has 6 nitrogen and oxygen atoms in total. The molecule has 7 heteroatoms. The summed E-state index contributed by atoms with van der Waals surface area (Å²) in [6.07, 6.45) is 4.37. The third kappa shape index (κ3) is 7.33. The number of hydrogen-bond donors (Lipinski definition) is 0. The number of aromatic nitrogens is 2. The second-order valence-electron chi connectivity index (χ2n) is 9.69. The van der Waals surface area contributed by atoms with Crippen LogP contribution in [0.15, 0.2) is 85.3 Å². The molecular formula is C32H37FN4O2. The highest BCUT2D eigenvalue weighted by atomic mass is 19.1. The van der Waals surface area contributed by atoms with Crippen LogP contribution in [0.3, 0.4) is 0 Å². The van der Waals surface area contributed by atoms with E-state index < -0.39 is 0 Å². The van der Waals surface area contributed by atoms with Crippen LogP contribution in [0.1, 0.15) is 36.2 Å². The van der Waals surface area contributed by atoms with E-state index >= 15 is 0 Å². The minimum absolute atomic E-state index is 0.101. The van der Waals surface area contributed by atoms with E-state index in [4.69, 9.17) is 4.74 Å². The van der Waals surface area contributed by atoms with Gasteiger partial charge in [-0.3, -0.25) is 9.69 Å². The Balaban J connectivity index is 0.00000172. The Bertz CT molecular complexity index is 1390. The smallest absolute Gasteiger partial charge is 0.236 e. The van der Waals surface area contributed by atoms with Gasteiger partial charge in [-0.15, -0.1) is 0 Å². The van der Waals surface area contributed by atoms with Crippen molar-refractivity contribution in [1.82, 2.24) is 19.4 Å². The Morgan fingerprint density at radius 2 is 1.74 bits per heavy atom. The predicted molar refractivity (Wildman–Crippen MR) is 152 cm³/mol. The fourth-order valence-electron chi connectivity index (χ4n) is 4.80. The summed E-state index contributed by atoms with van der Waals surface area (Å²) in [6.45, 7) is 8.12. The van der Waals surface area contributed by atoms with E-state index in [1.54, 1.807) is 17.3 Å². The van der Waals surface area contributed by atoms with Crippen LogP contribution in [0.4, 0.5) is 4.39 Å². The molecule has 1 amide bonds. The van der Waals surface area contributed by atoms with Crippen LogP contribution < -0.4 is 4.74 Å². The van der Waals surface area contributed by atoms with Gasteiger partial charge >= 0.3 is 0 Å². The molecule has 5 rings (SSSR count). The molecule has 1 aromatic heterocycles. The number of carbonyl (C=O) groups is 1. The van der Waals surface area contributed by atoms with Crippen molar-refractivity contribution in [3.8, 4) is 11.5 Å². The Morgan fingerprint density at radius 3 is 2.54 bits per heavy atom. The predicted octanol–water partition coefficient (Wildman–Crippen LogP) is 6.08. The van der Waals surface area contributed by atoms with Gasteiger partial charge in [0.2, 0.25) is 5.91 Å². The zero-order valence-electron chi connectivity index (χ0n) is 23.2. The SMILES string of the molecule is CC.Cc1ccccc1Oc1cccc(CC2CN(C)C(=O)CN2Cc2cncn2Cc2cccc(F)c2)c1. The minimum atomic E-state index is -0.252. The standard InChI is InChI=1S/C30H31FN4O2.C2H6/c1-22-7-3-4-12-29(22)37-28-11-6-8-23(15-28)14-26-18-33(2)30(36)20-34(26)19-27-16-32-21-35(27)17-24-9-5-10-25(31)13-24;1-2/h3-13,15-16,21,26H,14,17-20H2,1-2H3;1-2H3. The van der Waals surface area contributed by atoms with Crippen LogP contribution in [0.2, 0.25) is 0 Å². The number of carbonyl (C=O) groups excluding carboxylic acids is 1. The Kier molecular flexibility index (Phi) is 9.49. The van der Waals surface area contributed by atoms with Crippen LogP contribution in [-0.4, -0.2) is 51.4 Å². The van der Waals surface area contributed by atoms with Gasteiger partial charge in [-0.25, -0.2) is 9.37 Å². The molecular weight excluding hydrogens is 491 g/mol. The van der Waals surface area contributed by atoms with Gasteiger partial charge in [0.25, 0.3) is 0 Å². The van der Waals surface area contributed by atoms with E-state index in [1.165, 1.54) is 12.1 Å². The van der Waals surface area contributed by atoms with Gasteiger partial charge in [-0.05, 0) is 60.4 Å². The summed E-state index contributed by atoms with van der Waals surface area (Å²) >= 11 is 0. The van der Waals surface area contributed by atoms with Crippen LogP contribution in [0, 0.1) is 12.7 Å². The lowest BCUT2D eigenvalue weighted by Gasteiger charge is -2.39. The van der Waals surface area contributed by atoms with E-state index in [1.807, 2.05) is 81.0 Å². The molecule has 0 saturated carbocycles. The van der Waals surface area contributed by atoms with E-state index in [0.717, 1.165) is 40.3 Å². The average Bonchev–Trinajstić information content (AvgIpc) is 3.36. The maximum Gasteiger partial charge on any atom is 0.236 e. The average molecular weight is 529 g/mol. The number of likely N-dealkylation sites (N-methyl/N-ethyl adjacent to an activating group) is 1. The highest BCUT2D eigenvalue weighted by molar-refractivity contribution is 5.78. The van der Waals surface area contributed by atoms with Crippen molar-refractivity contribution in [2.24, 2.45) is 0 Å². The van der Waals surface area contributed by atoms with Crippen molar-refractivity contribution in [2.75, 3.05) is 20.1 Å². The van der Waals surface area contributed by atoms with E-state index in [0.29, 0.717) is 26.2 Å². The summed E-state index contributed by atoms with van der Waals surface area (Å²) < 4.78 is 21.9. The number of aryl methyl sites for hydroxylation is 1. The molecule has 4 aromatic rings. The Labute approximate surface area is 230 Å².